The third-order valence-electron chi connectivity index (χ3n) is 2.97. The summed E-state index contributed by atoms with van der Waals surface area (Å²) in [5, 5.41) is 3.09. The fraction of sp³-hybridized carbons (Fsp3) is 0.462. The van der Waals surface area contributed by atoms with Crippen molar-refractivity contribution >= 4 is 15.7 Å². The average molecular weight is 284 g/mol. The fourth-order valence-electron chi connectivity index (χ4n) is 1.64. The minimum absolute atomic E-state index is 0.141. The third kappa shape index (κ3) is 5.00. The van der Waals surface area contributed by atoms with Gasteiger partial charge in [0, 0.05) is 24.4 Å². The molecular weight excluding hydrogens is 264 g/mol. The lowest BCUT2D eigenvalue weighted by Crippen LogP contribution is -2.24. The van der Waals surface area contributed by atoms with E-state index in [1.165, 1.54) is 0 Å². The van der Waals surface area contributed by atoms with Crippen molar-refractivity contribution in [2.24, 2.45) is 5.73 Å². The van der Waals surface area contributed by atoms with Gasteiger partial charge in [-0.1, -0.05) is 13.0 Å². The van der Waals surface area contributed by atoms with Crippen molar-refractivity contribution in [2.75, 3.05) is 18.1 Å². The zero-order valence-corrected chi connectivity index (χ0v) is 12.1. The molecule has 5 nitrogen and oxygen atoms in total. The van der Waals surface area contributed by atoms with E-state index in [0.29, 0.717) is 18.7 Å². The Labute approximate surface area is 114 Å². The van der Waals surface area contributed by atoms with Crippen LogP contribution in [0.25, 0.3) is 0 Å². The number of benzene rings is 1. The first-order valence-corrected chi connectivity index (χ1v) is 7.98. The molecule has 0 aromatic heterocycles. The Hall–Kier alpha value is -1.40. The van der Waals surface area contributed by atoms with Crippen LogP contribution in [0.4, 0.5) is 0 Å². The monoisotopic (exact) mass is 284 g/mol. The van der Waals surface area contributed by atoms with Crippen molar-refractivity contribution in [1.29, 1.82) is 0 Å². The molecule has 0 spiro atoms. The summed E-state index contributed by atoms with van der Waals surface area (Å²) >= 11 is 0. The van der Waals surface area contributed by atoms with Gasteiger partial charge in [-0.25, -0.2) is 8.42 Å². The molecular formula is C13H20N2O3S. The van der Waals surface area contributed by atoms with Gasteiger partial charge in [-0.2, -0.15) is 0 Å². The van der Waals surface area contributed by atoms with Crippen LogP contribution in [0.15, 0.2) is 18.2 Å². The van der Waals surface area contributed by atoms with Crippen LogP contribution in [0.3, 0.4) is 0 Å². The maximum absolute atomic E-state index is 11.3. The molecule has 1 rings (SSSR count). The molecule has 0 atom stereocenters. The van der Waals surface area contributed by atoms with Crippen molar-refractivity contribution < 1.29 is 13.2 Å². The van der Waals surface area contributed by atoms with Crippen molar-refractivity contribution in [3.8, 4) is 0 Å². The number of hydrogen-bond donors (Lipinski definition) is 2. The highest BCUT2D eigenvalue weighted by atomic mass is 32.2. The fourth-order valence-corrected chi connectivity index (χ4v) is 2.39. The van der Waals surface area contributed by atoms with E-state index in [2.05, 4.69) is 5.32 Å². The van der Waals surface area contributed by atoms with Gasteiger partial charge in [0.25, 0.3) is 0 Å². The van der Waals surface area contributed by atoms with E-state index < -0.39 is 15.7 Å². The Morgan fingerprint density at radius 3 is 2.58 bits per heavy atom. The first-order chi connectivity index (χ1) is 8.85. The van der Waals surface area contributed by atoms with Crippen LogP contribution in [0.2, 0.25) is 0 Å². The summed E-state index contributed by atoms with van der Waals surface area (Å²) in [5.41, 5.74) is 7.66. The number of rotatable bonds is 7. The second-order valence-corrected chi connectivity index (χ2v) is 6.89. The molecule has 0 aliphatic rings. The predicted octanol–water partition coefficient (Wildman–Crippen LogP) is 0.618. The zero-order valence-electron chi connectivity index (χ0n) is 11.3. The number of aryl methyl sites for hydroxylation is 1. The largest absolute Gasteiger partial charge is 0.366 e. The number of hydrogen-bond acceptors (Lipinski definition) is 4. The number of carbonyl (C=O) groups is 1. The van der Waals surface area contributed by atoms with Gasteiger partial charge in [0.05, 0.1) is 5.75 Å². The Kier molecular flexibility index (Phi) is 5.50. The number of sulfone groups is 1. The number of nitrogens with two attached hydrogens (primary N) is 1. The van der Waals surface area contributed by atoms with Crippen molar-refractivity contribution in [3.63, 3.8) is 0 Å². The lowest BCUT2D eigenvalue weighted by molar-refractivity contribution is 0.1000. The SMILES string of the molecule is CCS(=O)(=O)CCNCc1ccc(C(N)=O)cc1C. The maximum Gasteiger partial charge on any atom is 0.248 e. The van der Waals surface area contributed by atoms with Crippen molar-refractivity contribution in [1.82, 2.24) is 5.32 Å². The molecule has 0 saturated carbocycles. The molecule has 0 radical (unpaired) electrons. The van der Waals surface area contributed by atoms with Crippen LogP contribution in [0.5, 0.6) is 0 Å². The summed E-state index contributed by atoms with van der Waals surface area (Å²) < 4.78 is 22.6. The lowest BCUT2D eigenvalue weighted by atomic mass is 10.0. The standard InChI is InChI=1S/C13H20N2O3S/c1-3-19(17,18)7-6-15-9-12-5-4-11(13(14)16)8-10(12)2/h4-5,8,15H,3,6-7,9H2,1-2H3,(H2,14,16). The van der Waals surface area contributed by atoms with E-state index in [9.17, 15) is 13.2 Å². The Morgan fingerprint density at radius 2 is 2.05 bits per heavy atom. The van der Waals surface area contributed by atoms with Crippen LogP contribution in [0, 0.1) is 6.92 Å². The molecule has 0 heterocycles. The second-order valence-electron chi connectivity index (χ2n) is 4.42. The lowest BCUT2D eigenvalue weighted by Gasteiger charge is -2.09. The van der Waals surface area contributed by atoms with Gasteiger partial charge < -0.3 is 11.1 Å². The van der Waals surface area contributed by atoms with E-state index in [1.807, 2.05) is 13.0 Å². The van der Waals surface area contributed by atoms with E-state index in [4.69, 9.17) is 5.73 Å². The molecule has 106 valence electrons. The van der Waals surface area contributed by atoms with E-state index in [0.717, 1.165) is 11.1 Å². The minimum atomic E-state index is -2.93. The van der Waals surface area contributed by atoms with Gasteiger partial charge >= 0.3 is 0 Å². The van der Waals surface area contributed by atoms with Crippen LogP contribution >= 0.6 is 0 Å². The first-order valence-electron chi connectivity index (χ1n) is 6.16. The summed E-state index contributed by atoms with van der Waals surface area (Å²) in [5.74, 6) is -0.139. The van der Waals surface area contributed by atoms with Gasteiger partial charge in [0.15, 0.2) is 9.84 Å². The highest BCUT2D eigenvalue weighted by Gasteiger charge is 2.07. The first kappa shape index (κ1) is 15.7. The number of amides is 1. The van der Waals surface area contributed by atoms with E-state index >= 15 is 0 Å². The highest BCUT2D eigenvalue weighted by molar-refractivity contribution is 7.91. The molecule has 0 aliphatic heterocycles. The second kappa shape index (κ2) is 6.68. The van der Waals surface area contributed by atoms with Crippen molar-refractivity contribution in [2.45, 2.75) is 20.4 Å². The quantitative estimate of drug-likeness (QED) is 0.718. The smallest absolute Gasteiger partial charge is 0.248 e. The topological polar surface area (TPSA) is 89.3 Å². The maximum atomic E-state index is 11.3. The van der Waals surface area contributed by atoms with Crippen LogP contribution in [-0.4, -0.2) is 32.4 Å². The number of primary amides is 1. The summed E-state index contributed by atoms with van der Waals surface area (Å²) in [6, 6.07) is 5.24. The van der Waals surface area contributed by atoms with Gasteiger partial charge in [-0.3, -0.25) is 4.79 Å². The van der Waals surface area contributed by atoms with E-state index in [1.54, 1.807) is 19.1 Å². The molecule has 0 unspecified atom stereocenters. The molecule has 0 fully saturated rings. The van der Waals surface area contributed by atoms with Crippen LogP contribution < -0.4 is 11.1 Å². The summed E-state index contributed by atoms with van der Waals surface area (Å²) in [6.45, 7) is 4.53. The molecule has 1 amide bonds. The zero-order chi connectivity index (χ0) is 14.5. The van der Waals surface area contributed by atoms with Crippen LogP contribution in [0.1, 0.15) is 28.4 Å². The molecule has 0 saturated heterocycles. The molecule has 19 heavy (non-hydrogen) atoms. The number of carbonyl (C=O) groups excluding carboxylic acids is 1. The molecule has 1 aromatic rings. The molecule has 0 aliphatic carbocycles. The van der Waals surface area contributed by atoms with Gasteiger partial charge in [0.1, 0.15) is 0 Å². The summed E-state index contributed by atoms with van der Waals surface area (Å²) in [7, 11) is -2.93. The van der Waals surface area contributed by atoms with Gasteiger partial charge in [-0.15, -0.1) is 0 Å². The molecule has 0 bridgehead atoms. The minimum Gasteiger partial charge on any atom is -0.366 e. The molecule has 6 heteroatoms. The highest BCUT2D eigenvalue weighted by Crippen LogP contribution is 2.10. The predicted molar refractivity (Wildman–Crippen MR) is 75.7 cm³/mol. The molecule has 1 aromatic carbocycles. The average Bonchev–Trinajstić information content (AvgIpc) is 2.36. The van der Waals surface area contributed by atoms with Crippen molar-refractivity contribution in [3.05, 3.63) is 34.9 Å². The Balaban J connectivity index is 2.53. The summed E-state index contributed by atoms with van der Waals surface area (Å²) in [6.07, 6.45) is 0. The van der Waals surface area contributed by atoms with Gasteiger partial charge in [-0.05, 0) is 30.2 Å². The number of nitrogens with one attached hydrogen (secondary N) is 1. The summed E-state index contributed by atoms with van der Waals surface area (Å²) in [4.78, 5) is 11.0. The van der Waals surface area contributed by atoms with Crippen LogP contribution in [-0.2, 0) is 16.4 Å². The van der Waals surface area contributed by atoms with Gasteiger partial charge in [0.2, 0.25) is 5.91 Å². The Morgan fingerprint density at radius 1 is 1.37 bits per heavy atom. The third-order valence-corrected chi connectivity index (χ3v) is 4.68. The normalized spacial score (nSPS) is 11.5. The molecule has 3 N–H and O–H groups in total. The van der Waals surface area contributed by atoms with E-state index in [-0.39, 0.29) is 11.5 Å². The Bertz CT molecular complexity index is 553.